The van der Waals surface area contributed by atoms with Gasteiger partial charge in [0, 0.05) is 6.04 Å². The van der Waals surface area contributed by atoms with Gasteiger partial charge in [0.05, 0.1) is 22.4 Å². The number of fused-ring (bicyclic) bond motifs is 1. The lowest BCUT2D eigenvalue weighted by molar-refractivity contribution is -0.130. The van der Waals surface area contributed by atoms with E-state index in [1.165, 1.54) is 31.5 Å². The van der Waals surface area contributed by atoms with Gasteiger partial charge in [-0.1, -0.05) is 37.5 Å². The van der Waals surface area contributed by atoms with Crippen molar-refractivity contribution in [2.75, 3.05) is 4.90 Å². The Morgan fingerprint density at radius 1 is 1.00 bits per heavy atom. The predicted molar refractivity (Wildman–Crippen MR) is 119 cm³/mol. The molecular weight excluding hydrogens is 408 g/mol. The highest BCUT2D eigenvalue weighted by Crippen LogP contribution is 2.31. The Balaban J connectivity index is 1.47. The van der Waals surface area contributed by atoms with Crippen LogP contribution in [0.4, 0.5) is 5.69 Å². The molecule has 1 heterocycles. The molecule has 3 amide bonds. The Bertz CT molecular complexity index is 1090. The number of hydrogen-bond acceptors (Lipinski definition) is 5. The molecule has 7 heteroatoms. The second kappa shape index (κ2) is 8.94. The minimum Gasteiger partial charge on any atom is -0.449 e. The average Bonchev–Trinajstić information content (AvgIpc) is 3.04. The minimum atomic E-state index is -0.960. The van der Waals surface area contributed by atoms with Gasteiger partial charge >= 0.3 is 5.97 Å². The number of para-hydroxylation sites is 1. The fourth-order valence-corrected chi connectivity index (χ4v) is 4.25. The third kappa shape index (κ3) is 4.15. The zero-order chi connectivity index (χ0) is 22.8. The highest BCUT2D eigenvalue weighted by molar-refractivity contribution is 6.34. The molecule has 1 N–H and O–H groups in total. The van der Waals surface area contributed by atoms with Crippen LogP contribution in [0.15, 0.2) is 42.5 Å². The van der Waals surface area contributed by atoms with Gasteiger partial charge in [-0.25, -0.2) is 9.69 Å². The van der Waals surface area contributed by atoms with Crippen LogP contribution in [0.25, 0.3) is 0 Å². The van der Waals surface area contributed by atoms with E-state index in [1.54, 1.807) is 12.1 Å². The van der Waals surface area contributed by atoms with E-state index in [0.717, 1.165) is 36.1 Å². The van der Waals surface area contributed by atoms with Crippen LogP contribution < -0.4 is 10.2 Å². The van der Waals surface area contributed by atoms with E-state index in [0.29, 0.717) is 5.69 Å². The molecule has 7 nitrogen and oxygen atoms in total. The van der Waals surface area contributed by atoms with Crippen LogP contribution in [0.3, 0.4) is 0 Å². The summed E-state index contributed by atoms with van der Waals surface area (Å²) in [5, 5.41) is 2.94. The minimum absolute atomic E-state index is 0.119. The van der Waals surface area contributed by atoms with Crippen molar-refractivity contribution in [3.05, 3.63) is 64.7 Å². The molecule has 0 radical (unpaired) electrons. The topological polar surface area (TPSA) is 92.8 Å². The van der Waals surface area contributed by atoms with E-state index in [9.17, 15) is 19.2 Å². The Kier molecular flexibility index (Phi) is 6.08. The summed E-state index contributed by atoms with van der Waals surface area (Å²) >= 11 is 0. The zero-order valence-electron chi connectivity index (χ0n) is 18.2. The molecule has 0 saturated heterocycles. The SMILES string of the molecule is Cc1ccccc1N1C(=O)c2ccc(C(=O)OC(C)C(=O)NC3CCCCC3)cc2C1=O. The molecule has 1 aliphatic heterocycles. The second-order valence-electron chi connectivity index (χ2n) is 8.38. The number of aryl methyl sites for hydroxylation is 1. The van der Waals surface area contributed by atoms with Crippen molar-refractivity contribution < 1.29 is 23.9 Å². The lowest BCUT2D eigenvalue weighted by Gasteiger charge is -2.24. The average molecular weight is 434 g/mol. The van der Waals surface area contributed by atoms with Gasteiger partial charge in [-0.3, -0.25) is 14.4 Å². The van der Waals surface area contributed by atoms with E-state index in [1.807, 2.05) is 19.1 Å². The van der Waals surface area contributed by atoms with E-state index in [-0.39, 0.29) is 28.6 Å². The lowest BCUT2D eigenvalue weighted by atomic mass is 9.95. The first kappa shape index (κ1) is 21.7. The molecule has 1 unspecified atom stereocenters. The van der Waals surface area contributed by atoms with Gasteiger partial charge in [-0.2, -0.15) is 0 Å². The summed E-state index contributed by atoms with van der Waals surface area (Å²) in [5.41, 5.74) is 1.80. The van der Waals surface area contributed by atoms with Gasteiger partial charge in [0.25, 0.3) is 17.7 Å². The molecule has 32 heavy (non-hydrogen) atoms. The number of esters is 1. The maximum absolute atomic E-state index is 13.0. The smallest absolute Gasteiger partial charge is 0.338 e. The lowest BCUT2D eigenvalue weighted by Crippen LogP contribution is -2.42. The van der Waals surface area contributed by atoms with Gasteiger partial charge in [-0.15, -0.1) is 0 Å². The number of imide groups is 1. The largest absolute Gasteiger partial charge is 0.449 e. The molecule has 0 aromatic heterocycles. The second-order valence-corrected chi connectivity index (χ2v) is 8.38. The number of carbonyl (C=O) groups is 4. The number of anilines is 1. The quantitative estimate of drug-likeness (QED) is 0.571. The fraction of sp³-hybridized carbons (Fsp3) is 0.360. The number of carbonyl (C=O) groups excluding carboxylic acids is 4. The van der Waals surface area contributed by atoms with Crippen molar-refractivity contribution >= 4 is 29.4 Å². The number of amides is 3. The van der Waals surface area contributed by atoms with Crippen LogP contribution in [-0.2, 0) is 9.53 Å². The Labute approximate surface area is 186 Å². The summed E-state index contributed by atoms with van der Waals surface area (Å²) < 4.78 is 5.33. The first-order chi connectivity index (χ1) is 15.4. The molecule has 2 aromatic rings. The zero-order valence-corrected chi connectivity index (χ0v) is 18.2. The van der Waals surface area contributed by atoms with Crippen molar-refractivity contribution in [3.8, 4) is 0 Å². The van der Waals surface area contributed by atoms with Crippen molar-refractivity contribution in [1.82, 2.24) is 5.32 Å². The number of hydrogen-bond donors (Lipinski definition) is 1. The van der Waals surface area contributed by atoms with Gasteiger partial charge in [0.1, 0.15) is 0 Å². The monoisotopic (exact) mass is 434 g/mol. The van der Waals surface area contributed by atoms with Crippen molar-refractivity contribution in [2.24, 2.45) is 0 Å². The summed E-state index contributed by atoms with van der Waals surface area (Å²) in [6, 6.07) is 11.5. The maximum atomic E-state index is 13.0. The summed E-state index contributed by atoms with van der Waals surface area (Å²) in [4.78, 5) is 52.0. The molecule has 0 bridgehead atoms. The Morgan fingerprint density at radius 3 is 2.41 bits per heavy atom. The standard InChI is InChI=1S/C25H26N2O5/c1-15-8-6-7-11-21(15)27-23(29)19-13-12-17(14-20(19)24(27)30)25(31)32-16(2)22(28)26-18-9-4-3-5-10-18/h6-8,11-14,16,18H,3-5,9-10H2,1-2H3,(H,26,28). The van der Waals surface area contributed by atoms with E-state index >= 15 is 0 Å². The first-order valence-corrected chi connectivity index (χ1v) is 11.0. The predicted octanol–water partition coefficient (Wildman–Crippen LogP) is 3.79. The van der Waals surface area contributed by atoms with Crippen LogP contribution in [0, 0.1) is 6.92 Å². The molecule has 0 spiro atoms. The van der Waals surface area contributed by atoms with Crippen molar-refractivity contribution in [3.63, 3.8) is 0 Å². The summed E-state index contributed by atoms with van der Waals surface area (Å²) in [6.07, 6.45) is 4.26. The fourth-order valence-electron chi connectivity index (χ4n) is 4.25. The van der Waals surface area contributed by atoms with Crippen LogP contribution in [0.1, 0.15) is 75.7 Å². The molecule has 166 valence electrons. The molecule has 2 aromatic carbocycles. The Hall–Kier alpha value is -3.48. The van der Waals surface area contributed by atoms with Crippen LogP contribution in [0.5, 0.6) is 0 Å². The molecule has 4 rings (SSSR count). The molecule has 1 atom stereocenters. The van der Waals surface area contributed by atoms with Gasteiger partial charge in [0.2, 0.25) is 0 Å². The number of ether oxygens (including phenoxy) is 1. The molecule has 1 aliphatic carbocycles. The summed E-state index contributed by atoms with van der Waals surface area (Å²) in [7, 11) is 0. The highest BCUT2D eigenvalue weighted by atomic mass is 16.5. The van der Waals surface area contributed by atoms with Gasteiger partial charge in [0.15, 0.2) is 6.10 Å². The maximum Gasteiger partial charge on any atom is 0.338 e. The van der Waals surface area contributed by atoms with E-state index in [4.69, 9.17) is 4.74 Å². The summed E-state index contributed by atoms with van der Waals surface area (Å²) in [6.45, 7) is 3.35. The first-order valence-electron chi connectivity index (χ1n) is 11.0. The van der Waals surface area contributed by atoms with Crippen LogP contribution >= 0.6 is 0 Å². The Morgan fingerprint density at radius 2 is 1.69 bits per heavy atom. The van der Waals surface area contributed by atoms with Crippen molar-refractivity contribution in [1.29, 1.82) is 0 Å². The van der Waals surface area contributed by atoms with Gasteiger partial charge < -0.3 is 10.1 Å². The molecule has 1 saturated carbocycles. The number of rotatable bonds is 5. The molecule has 2 aliphatic rings. The third-order valence-corrected chi connectivity index (χ3v) is 6.08. The van der Waals surface area contributed by atoms with E-state index in [2.05, 4.69) is 5.32 Å². The molecule has 1 fully saturated rings. The van der Waals surface area contributed by atoms with E-state index < -0.39 is 23.9 Å². The van der Waals surface area contributed by atoms with Crippen LogP contribution in [0.2, 0.25) is 0 Å². The third-order valence-electron chi connectivity index (χ3n) is 6.08. The number of benzene rings is 2. The number of nitrogens with one attached hydrogen (secondary N) is 1. The normalized spacial score (nSPS) is 17.1. The van der Waals surface area contributed by atoms with Crippen LogP contribution in [-0.4, -0.2) is 35.8 Å². The molecular formula is C25H26N2O5. The van der Waals surface area contributed by atoms with Gasteiger partial charge in [-0.05, 0) is 56.5 Å². The summed E-state index contributed by atoms with van der Waals surface area (Å²) in [5.74, 6) is -1.96. The number of nitrogens with zero attached hydrogens (tertiary/aromatic N) is 1. The van der Waals surface area contributed by atoms with Crippen molar-refractivity contribution in [2.45, 2.75) is 58.1 Å². The highest BCUT2D eigenvalue weighted by Gasteiger charge is 2.38.